The molecule has 1 heterocycles. The quantitative estimate of drug-likeness (QED) is 0.598. The lowest BCUT2D eigenvalue weighted by molar-refractivity contribution is 0.0540. The first-order chi connectivity index (χ1) is 10.5. The zero-order valence-corrected chi connectivity index (χ0v) is 13.0. The van der Waals surface area contributed by atoms with Crippen LogP contribution in [0.2, 0.25) is 0 Å². The molecule has 2 aliphatic rings. The molecule has 7 heteroatoms. The fourth-order valence-corrected chi connectivity index (χ4v) is 2.91. The number of benzene rings is 1. The highest BCUT2D eigenvalue weighted by Crippen LogP contribution is 2.27. The molecule has 1 saturated heterocycles. The highest BCUT2D eigenvalue weighted by molar-refractivity contribution is 7.85. The molecule has 0 saturated carbocycles. The number of hydrogen-bond donors (Lipinski definition) is 1. The monoisotopic (exact) mass is 328 g/mol. The smallest absolute Gasteiger partial charge is 0.267 e. The molecule has 1 fully saturated rings. The van der Waals surface area contributed by atoms with Crippen molar-refractivity contribution < 1.29 is 27.2 Å². The van der Waals surface area contributed by atoms with Crippen molar-refractivity contribution in [1.82, 2.24) is 0 Å². The molecule has 2 unspecified atom stereocenters. The van der Waals surface area contributed by atoms with Crippen LogP contribution in [0.1, 0.15) is 17.5 Å². The van der Waals surface area contributed by atoms with E-state index in [0.29, 0.717) is 6.61 Å². The van der Waals surface area contributed by atoms with Gasteiger partial charge in [-0.1, -0.05) is 6.07 Å². The zero-order valence-electron chi connectivity index (χ0n) is 12.2. The number of epoxide rings is 1. The minimum atomic E-state index is -3.95. The van der Waals surface area contributed by atoms with Crippen LogP contribution >= 0.6 is 0 Å². The van der Waals surface area contributed by atoms with Gasteiger partial charge < -0.3 is 14.2 Å². The SMILES string of the molecule is O=S(=O)(O)CCOC1CCc2cc(OCC3CO3)ccc2C1. The van der Waals surface area contributed by atoms with Gasteiger partial charge in [-0.05, 0) is 42.5 Å². The topological polar surface area (TPSA) is 85.4 Å². The maximum atomic E-state index is 10.7. The van der Waals surface area contributed by atoms with Crippen molar-refractivity contribution >= 4 is 10.1 Å². The van der Waals surface area contributed by atoms with E-state index in [0.717, 1.165) is 31.6 Å². The first-order valence-corrected chi connectivity index (χ1v) is 9.03. The molecule has 0 radical (unpaired) electrons. The fraction of sp³-hybridized carbons (Fsp3) is 0.600. The molecule has 0 spiro atoms. The number of rotatable bonds is 7. The van der Waals surface area contributed by atoms with Crippen molar-refractivity contribution in [3.63, 3.8) is 0 Å². The lowest BCUT2D eigenvalue weighted by atomic mass is 9.89. The molecule has 3 rings (SSSR count). The van der Waals surface area contributed by atoms with Crippen molar-refractivity contribution in [2.45, 2.75) is 31.5 Å². The Morgan fingerprint density at radius 3 is 2.86 bits per heavy atom. The van der Waals surface area contributed by atoms with E-state index in [4.69, 9.17) is 18.8 Å². The van der Waals surface area contributed by atoms with Crippen LogP contribution in [0.4, 0.5) is 0 Å². The standard InChI is InChI=1S/C15H20O6S/c16-22(17,18)6-5-19-13-3-1-12-8-14(4-2-11(12)7-13)20-9-15-10-21-15/h2,4,8,13,15H,1,3,5-7,9-10H2,(H,16,17,18). The molecule has 2 atom stereocenters. The number of aryl methyl sites for hydroxylation is 1. The predicted molar refractivity (Wildman–Crippen MR) is 79.9 cm³/mol. The Kier molecular flexibility index (Phi) is 4.67. The van der Waals surface area contributed by atoms with Gasteiger partial charge in [0.15, 0.2) is 0 Å². The van der Waals surface area contributed by atoms with Crippen LogP contribution in [0.15, 0.2) is 18.2 Å². The van der Waals surface area contributed by atoms with Crippen molar-refractivity contribution in [3.05, 3.63) is 29.3 Å². The van der Waals surface area contributed by atoms with Crippen molar-refractivity contribution in [2.24, 2.45) is 0 Å². The molecule has 22 heavy (non-hydrogen) atoms. The van der Waals surface area contributed by atoms with Gasteiger partial charge in [0.25, 0.3) is 10.1 Å². The summed E-state index contributed by atoms with van der Waals surface area (Å²) in [7, 11) is -3.95. The minimum absolute atomic E-state index is 0.000817. The molecule has 0 amide bonds. The predicted octanol–water partition coefficient (Wildman–Crippen LogP) is 1.23. The lowest BCUT2D eigenvalue weighted by Crippen LogP contribution is -2.25. The number of fused-ring (bicyclic) bond motifs is 1. The van der Waals surface area contributed by atoms with E-state index < -0.39 is 10.1 Å². The average molecular weight is 328 g/mol. The van der Waals surface area contributed by atoms with Gasteiger partial charge in [-0.3, -0.25) is 4.55 Å². The molecule has 6 nitrogen and oxygen atoms in total. The Bertz CT molecular complexity index is 623. The lowest BCUT2D eigenvalue weighted by Gasteiger charge is -2.25. The van der Waals surface area contributed by atoms with E-state index in [9.17, 15) is 8.42 Å². The van der Waals surface area contributed by atoms with E-state index in [2.05, 4.69) is 6.07 Å². The minimum Gasteiger partial charge on any atom is -0.491 e. The molecule has 1 aliphatic carbocycles. The van der Waals surface area contributed by atoms with Crippen LogP contribution in [0.25, 0.3) is 0 Å². The fourth-order valence-electron chi connectivity index (χ4n) is 2.60. The summed E-state index contributed by atoms with van der Waals surface area (Å²) in [4.78, 5) is 0. The van der Waals surface area contributed by atoms with E-state index in [1.54, 1.807) is 0 Å². The highest BCUT2D eigenvalue weighted by atomic mass is 32.2. The van der Waals surface area contributed by atoms with Crippen molar-refractivity contribution in [2.75, 3.05) is 25.6 Å². The van der Waals surface area contributed by atoms with Crippen molar-refractivity contribution in [3.8, 4) is 5.75 Å². The van der Waals surface area contributed by atoms with E-state index in [1.165, 1.54) is 11.1 Å². The summed E-state index contributed by atoms with van der Waals surface area (Å²) in [6.45, 7) is 1.41. The molecular weight excluding hydrogens is 308 g/mol. The van der Waals surface area contributed by atoms with Crippen LogP contribution in [0, 0.1) is 0 Å². The molecule has 1 aromatic rings. The maximum Gasteiger partial charge on any atom is 0.267 e. The van der Waals surface area contributed by atoms with Gasteiger partial charge in [-0.25, -0.2) is 0 Å². The third-order valence-electron chi connectivity index (χ3n) is 3.89. The second-order valence-corrected chi connectivity index (χ2v) is 7.29. The second-order valence-electron chi connectivity index (χ2n) is 5.72. The molecule has 0 bridgehead atoms. The summed E-state index contributed by atoms with van der Waals surface area (Å²) < 4.78 is 46.4. The summed E-state index contributed by atoms with van der Waals surface area (Å²) in [5.41, 5.74) is 2.46. The van der Waals surface area contributed by atoms with Crippen LogP contribution in [0.3, 0.4) is 0 Å². The van der Waals surface area contributed by atoms with Gasteiger partial charge >= 0.3 is 0 Å². The normalized spacial score (nSPS) is 23.9. The van der Waals surface area contributed by atoms with Gasteiger partial charge in [0.2, 0.25) is 0 Å². The third kappa shape index (κ3) is 4.67. The second kappa shape index (κ2) is 6.54. The molecule has 1 aliphatic heterocycles. The summed E-state index contributed by atoms with van der Waals surface area (Å²) in [5, 5.41) is 0. The summed E-state index contributed by atoms with van der Waals surface area (Å²) in [6, 6.07) is 6.05. The zero-order chi connectivity index (χ0) is 15.6. The Balaban J connectivity index is 1.52. The molecule has 1 N–H and O–H groups in total. The van der Waals surface area contributed by atoms with E-state index in [-0.39, 0.29) is 24.6 Å². The highest BCUT2D eigenvalue weighted by Gasteiger charge is 2.24. The Morgan fingerprint density at radius 2 is 2.14 bits per heavy atom. The van der Waals surface area contributed by atoms with E-state index in [1.807, 2.05) is 12.1 Å². The van der Waals surface area contributed by atoms with Gasteiger partial charge in [-0.2, -0.15) is 8.42 Å². The van der Waals surface area contributed by atoms with Crippen LogP contribution in [0.5, 0.6) is 5.75 Å². The third-order valence-corrected chi connectivity index (χ3v) is 4.58. The molecular formula is C15H20O6S. The van der Waals surface area contributed by atoms with Crippen LogP contribution < -0.4 is 4.74 Å². The Hall–Kier alpha value is -1.15. The number of hydrogen-bond acceptors (Lipinski definition) is 5. The number of ether oxygens (including phenoxy) is 3. The van der Waals surface area contributed by atoms with Gasteiger partial charge in [-0.15, -0.1) is 0 Å². The molecule has 1 aromatic carbocycles. The van der Waals surface area contributed by atoms with Gasteiger partial charge in [0.05, 0.1) is 25.1 Å². The summed E-state index contributed by atoms with van der Waals surface area (Å²) in [6.07, 6.45) is 2.72. The van der Waals surface area contributed by atoms with Crippen molar-refractivity contribution in [1.29, 1.82) is 0 Å². The first-order valence-electron chi connectivity index (χ1n) is 7.42. The average Bonchev–Trinajstić information content (AvgIpc) is 3.28. The summed E-state index contributed by atoms with van der Waals surface area (Å²) >= 11 is 0. The Labute approximate surface area is 130 Å². The van der Waals surface area contributed by atoms with Gasteiger partial charge in [0, 0.05) is 0 Å². The van der Waals surface area contributed by atoms with Crippen LogP contribution in [-0.4, -0.2) is 50.8 Å². The Morgan fingerprint density at radius 1 is 1.32 bits per heavy atom. The molecule has 0 aromatic heterocycles. The van der Waals surface area contributed by atoms with E-state index >= 15 is 0 Å². The maximum absolute atomic E-state index is 10.7. The first kappa shape index (κ1) is 15.7. The van der Waals surface area contributed by atoms with Crippen LogP contribution in [-0.2, 0) is 32.4 Å². The van der Waals surface area contributed by atoms with Gasteiger partial charge in [0.1, 0.15) is 18.5 Å². The summed E-state index contributed by atoms with van der Waals surface area (Å²) in [5.74, 6) is 0.506. The molecule has 122 valence electrons. The largest absolute Gasteiger partial charge is 0.491 e.